The van der Waals surface area contributed by atoms with Crippen LogP contribution in [0.4, 0.5) is 5.82 Å². The Bertz CT molecular complexity index is 855. The van der Waals surface area contributed by atoms with Crippen LogP contribution in [-0.4, -0.2) is 33.7 Å². The number of hydrogen-bond acceptors (Lipinski definition) is 5. The van der Waals surface area contributed by atoms with E-state index in [1.54, 1.807) is 0 Å². The first-order valence-corrected chi connectivity index (χ1v) is 7.63. The van der Waals surface area contributed by atoms with Crippen molar-refractivity contribution in [3.63, 3.8) is 0 Å². The van der Waals surface area contributed by atoms with Gasteiger partial charge < -0.3 is 10.0 Å². The summed E-state index contributed by atoms with van der Waals surface area (Å²) in [6, 6.07) is 10.1. The molecular formula is C17H16N4O3. The van der Waals surface area contributed by atoms with E-state index in [-0.39, 0.29) is 5.56 Å². The van der Waals surface area contributed by atoms with Gasteiger partial charge in [0.25, 0.3) is 5.56 Å². The Hall–Kier alpha value is -3.14. The van der Waals surface area contributed by atoms with Crippen molar-refractivity contribution in [2.75, 3.05) is 18.0 Å². The molecule has 0 fully saturated rings. The number of nitriles is 1. The first-order valence-electron chi connectivity index (χ1n) is 7.63. The summed E-state index contributed by atoms with van der Waals surface area (Å²) < 4.78 is 0.941. The maximum atomic E-state index is 12.3. The van der Waals surface area contributed by atoms with Gasteiger partial charge in [-0.05, 0) is 24.0 Å². The Morgan fingerprint density at radius 1 is 1.25 bits per heavy atom. The molecule has 24 heavy (non-hydrogen) atoms. The number of benzene rings is 1. The Morgan fingerprint density at radius 3 is 2.42 bits per heavy atom. The number of anilines is 1. The zero-order chi connectivity index (χ0) is 17.1. The minimum atomic E-state index is -1.15. The van der Waals surface area contributed by atoms with Gasteiger partial charge in [0.15, 0.2) is 11.4 Å². The third-order valence-corrected chi connectivity index (χ3v) is 4.16. The topological polar surface area (TPSA) is 99.2 Å². The molecule has 7 heteroatoms. The lowest BCUT2D eigenvalue weighted by molar-refractivity contribution is -0.137. The molecule has 1 aliphatic rings. The van der Waals surface area contributed by atoms with Gasteiger partial charge in [0.2, 0.25) is 0 Å². The lowest BCUT2D eigenvalue weighted by Gasteiger charge is -2.22. The second-order valence-electron chi connectivity index (χ2n) is 5.64. The Balaban J connectivity index is 1.93. The zero-order valence-electron chi connectivity index (χ0n) is 13.0. The lowest BCUT2D eigenvalue weighted by atomic mass is 10.0. The average Bonchev–Trinajstić information content (AvgIpc) is 2.79. The van der Waals surface area contributed by atoms with Crippen LogP contribution in [0.2, 0.25) is 0 Å². The van der Waals surface area contributed by atoms with Crippen LogP contribution in [-0.2, 0) is 24.2 Å². The van der Waals surface area contributed by atoms with Crippen molar-refractivity contribution in [1.29, 1.82) is 5.26 Å². The standard InChI is InChI=1S/C17H16N4O3/c18-9-14-16(19-11-21(17(14)24)10-15(22)23)20-7-5-12-3-1-2-4-13(12)6-8-20/h1-4,11H,5-8,10H2,(H,22,23). The number of aliphatic carboxylic acids is 1. The van der Waals surface area contributed by atoms with Crippen LogP contribution in [0.3, 0.4) is 0 Å². The molecule has 0 radical (unpaired) electrons. The summed E-state index contributed by atoms with van der Waals surface area (Å²) in [5, 5.41) is 18.2. The van der Waals surface area contributed by atoms with E-state index in [0.717, 1.165) is 17.4 Å². The average molecular weight is 324 g/mol. The summed E-state index contributed by atoms with van der Waals surface area (Å²) in [4.78, 5) is 29.2. The Morgan fingerprint density at radius 2 is 1.88 bits per heavy atom. The van der Waals surface area contributed by atoms with Gasteiger partial charge in [0, 0.05) is 13.1 Å². The maximum absolute atomic E-state index is 12.3. The van der Waals surface area contributed by atoms with Crippen LogP contribution in [0.1, 0.15) is 16.7 Å². The summed E-state index contributed by atoms with van der Waals surface area (Å²) >= 11 is 0. The van der Waals surface area contributed by atoms with Crippen LogP contribution in [0.25, 0.3) is 0 Å². The molecule has 0 saturated heterocycles. The minimum Gasteiger partial charge on any atom is -0.480 e. The fraction of sp³-hybridized carbons (Fsp3) is 0.294. The molecule has 1 aromatic carbocycles. The third kappa shape index (κ3) is 2.99. The highest BCUT2D eigenvalue weighted by molar-refractivity contribution is 5.66. The van der Waals surface area contributed by atoms with Gasteiger partial charge in [0.05, 0.1) is 0 Å². The second kappa shape index (κ2) is 6.54. The van der Waals surface area contributed by atoms with Gasteiger partial charge in [-0.2, -0.15) is 5.26 Å². The maximum Gasteiger partial charge on any atom is 0.323 e. The lowest BCUT2D eigenvalue weighted by Crippen LogP contribution is -2.33. The molecule has 0 amide bonds. The summed E-state index contributed by atoms with van der Waals surface area (Å²) in [6.45, 7) is 0.800. The highest BCUT2D eigenvalue weighted by atomic mass is 16.4. The van der Waals surface area contributed by atoms with Crippen molar-refractivity contribution < 1.29 is 9.90 Å². The van der Waals surface area contributed by atoms with Crippen molar-refractivity contribution in [3.05, 3.63) is 57.6 Å². The van der Waals surface area contributed by atoms with Crippen LogP contribution in [0, 0.1) is 11.3 Å². The summed E-state index contributed by atoms with van der Waals surface area (Å²) in [7, 11) is 0. The van der Waals surface area contributed by atoms with E-state index in [4.69, 9.17) is 5.11 Å². The van der Waals surface area contributed by atoms with Crippen molar-refractivity contribution in [1.82, 2.24) is 9.55 Å². The second-order valence-corrected chi connectivity index (χ2v) is 5.64. The van der Waals surface area contributed by atoms with Gasteiger partial charge >= 0.3 is 5.97 Å². The third-order valence-electron chi connectivity index (χ3n) is 4.16. The quantitative estimate of drug-likeness (QED) is 0.897. The van der Waals surface area contributed by atoms with Crippen molar-refractivity contribution >= 4 is 11.8 Å². The smallest absolute Gasteiger partial charge is 0.323 e. The molecule has 0 spiro atoms. The van der Waals surface area contributed by atoms with Gasteiger partial charge in [-0.25, -0.2) is 4.98 Å². The zero-order valence-corrected chi connectivity index (χ0v) is 13.0. The highest BCUT2D eigenvalue weighted by Crippen LogP contribution is 2.20. The van der Waals surface area contributed by atoms with Crippen LogP contribution < -0.4 is 10.5 Å². The minimum absolute atomic E-state index is 0.107. The molecule has 122 valence electrons. The monoisotopic (exact) mass is 324 g/mol. The van der Waals surface area contributed by atoms with Crippen molar-refractivity contribution in [2.24, 2.45) is 0 Å². The van der Waals surface area contributed by atoms with Crippen LogP contribution in [0.15, 0.2) is 35.4 Å². The molecule has 1 aliphatic heterocycles. The largest absolute Gasteiger partial charge is 0.480 e. The van der Waals surface area contributed by atoms with Crippen molar-refractivity contribution in [3.8, 4) is 6.07 Å². The number of rotatable bonds is 3. The highest BCUT2D eigenvalue weighted by Gasteiger charge is 2.21. The normalized spacial score (nSPS) is 13.7. The number of carbonyl (C=O) groups is 1. The number of fused-ring (bicyclic) bond motifs is 1. The number of carboxylic acids is 1. The predicted octanol–water partition coefficient (Wildman–Crippen LogP) is 0.805. The van der Waals surface area contributed by atoms with Gasteiger partial charge in [-0.15, -0.1) is 0 Å². The van der Waals surface area contributed by atoms with E-state index in [1.807, 2.05) is 23.1 Å². The molecule has 0 aliphatic carbocycles. The Kier molecular flexibility index (Phi) is 4.29. The first kappa shape index (κ1) is 15.7. The predicted molar refractivity (Wildman–Crippen MR) is 86.9 cm³/mol. The molecule has 0 atom stereocenters. The fourth-order valence-corrected chi connectivity index (χ4v) is 2.96. The molecule has 7 nitrogen and oxygen atoms in total. The molecule has 0 unspecified atom stereocenters. The molecule has 3 rings (SSSR count). The molecule has 1 N–H and O–H groups in total. The number of hydrogen-bond donors (Lipinski definition) is 1. The van der Waals surface area contributed by atoms with E-state index in [2.05, 4.69) is 17.1 Å². The first-order chi connectivity index (χ1) is 11.6. The molecule has 2 aromatic rings. The number of carboxylic acid groups (broad SMARTS) is 1. The number of aromatic nitrogens is 2. The van der Waals surface area contributed by atoms with Crippen LogP contribution in [0.5, 0.6) is 0 Å². The van der Waals surface area contributed by atoms with E-state index >= 15 is 0 Å². The molecule has 0 bridgehead atoms. The number of nitrogens with zero attached hydrogens (tertiary/aromatic N) is 4. The van der Waals surface area contributed by atoms with E-state index in [0.29, 0.717) is 18.9 Å². The van der Waals surface area contributed by atoms with Gasteiger partial charge in [0.1, 0.15) is 18.9 Å². The fourth-order valence-electron chi connectivity index (χ4n) is 2.96. The van der Waals surface area contributed by atoms with E-state index in [1.165, 1.54) is 17.5 Å². The molecular weight excluding hydrogens is 308 g/mol. The van der Waals surface area contributed by atoms with E-state index < -0.39 is 18.1 Å². The van der Waals surface area contributed by atoms with Crippen molar-refractivity contribution in [2.45, 2.75) is 19.4 Å². The van der Waals surface area contributed by atoms with Gasteiger partial charge in [-0.3, -0.25) is 14.2 Å². The SMILES string of the molecule is N#Cc1c(N2CCc3ccccc3CC2)ncn(CC(=O)O)c1=O. The molecule has 1 aromatic heterocycles. The molecule has 0 saturated carbocycles. The van der Waals surface area contributed by atoms with Crippen LogP contribution >= 0.6 is 0 Å². The summed E-state index contributed by atoms with van der Waals surface area (Å²) in [5.41, 5.74) is 1.80. The summed E-state index contributed by atoms with van der Waals surface area (Å²) in [5.74, 6) is -0.822. The van der Waals surface area contributed by atoms with E-state index in [9.17, 15) is 14.9 Å². The van der Waals surface area contributed by atoms with Gasteiger partial charge in [-0.1, -0.05) is 24.3 Å². The summed E-state index contributed by atoms with van der Waals surface area (Å²) in [6.07, 6.45) is 2.81. The Labute approximate surface area is 138 Å². The molecule has 2 heterocycles.